The summed E-state index contributed by atoms with van der Waals surface area (Å²) in [5, 5.41) is 8.97. The number of hydrogen-bond donors (Lipinski definition) is 0. The van der Waals surface area contributed by atoms with E-state index in [1.54, 1.807) is 12.3 Å². The molecule has 0 unspecified atom stereocenters. The van der Waals surface area contributed by atoms with Crippen LogP contribution in [0.5, 0.6) is 0 Å². The lowest BCUT2D eigenvalue weighted by Crippen LogP contribution is -1.87. The Balaban J connectivity index is 2.60. The van der Waals surface area contributed by atoms with Gasteiger partial charge in [0.1, 0.15) is 0 Å². The van der Waals surface area contributed by atoms with Crippen molar-refractivity contribution in [2.24, 2.45) is 0 Å². The number of pyridine rings is 1. The molecule has 0 fully saturated rings. The zero-order chi connectivity index (χ0) is 10.7. The summed E-state index contributed by atoms with van der Waals surface area (Å²) in [7, 11) is 0. The first-order chi connectivity index (χ1) is 7.31. The Bertz CT molecular complexity index is 524. The number of rotatable bonds is 1. The van der Waals surface area contributed by atoms with E-state index in [4.69, 9.17) is 5.26 Å². The summed E-state index contributed by atoms with van der Waals surface area (Å²) in [4.78, 5) is 4.27. The van der Waals surface area contributed by atoms with Gasteiger partial charge in [-0.05, 0) is 30.7 Å². The molecule has 0 aliphatic carbocycles. The van der Waals surface area contributed by atoms with Gasteiger partial charge < -0.3 is 0 Å². The Hall–Kier alpha value is -2.14. The zero-order valence-electron chi connectivity index (χ0n) is 8.44. The first kappa shape index (κ1) is 9.42. The maximum absolute atomic E-state index is 8.97. The van der Waals surface area contributed by atoms with Crippen molar-refractivity contribution in [2.75, 3.05) is 0 Å². The molecule has 72 valence electrons. The van der Waals surface area contributed by atoms with E-state index >= 15 is 0 Å². The van der Waals surface area contributed by atoms with Crippen LogP contribution in [0.4, 0.5) is 0 Å². The van der Waals surface area contributed by atoms with Gasteiger partial charge in [-0.3, -0.25) is 4.98 Å². The molecule has 0 bridgehead atoms. The second-order valence-electron chi connectivity index (χ2n) is 3.38. The summed E-state index contributed by atoms with van der Waals surface area (Å²) in [6, 6.07) is 13.6. The van der Waals surface area contributed by atoms with Gasteiger partial charge in [0.2, 0.25) is 0 Å². The van der Waals surface area contributed by atoms with Gasteiger partial charge >= 0.3 is 0 Å². The third-order valence-corrected chi connectivity index (χ3v) is 2.24. The molecule has 1 aromatic heterocycles. The standard InChI is InChI=1S/C13H10N2/c1-10-6-7-15-13(8-10)12-5-3-2-4-11(12)9-14/h2-8H,1H3. The van der Waals surface area contributed by atoms with Gasteiger partial charge in [0.15, 0.2) is 0 Å². The topological polar surface area (TPSA) is 36.7 Å². The monoisotopic (exact) mass is 194 g/mol. The second-order valence-corrected chi connectivity index (χ2v) is 3.38. The number of aromatic nitrogens is 1. The van der Waals surface area contributed by atoms with Crippen molar-refractivity contribution >= 4 is 0 Å². The highest BCUT2D eigenvalue weighted by Gasteiger charge is 2.04. The molecule has 0 radical (unpaired) electrons. The van der Waals surface area contributed by atoms with Crippen LogP contribution in [0, 0.1) is 18.3 Å². The molecular formula is C13H10N2. The van der Waals surface area contributed by atoms with Gasteiger partial charge in [-0.2, -0.15) is 5.26 Å². The first-order valence-corrected chi connectivity index (χ1v) is 4.73. The van der Waals surface area contributed by atoms with E-state index in [-0.39, 0.29) is 0 Å². The highest BCUT2D eigenvalue weighted by molar-refractivity contribution is 5.67. The van der Waals surface area contributed by atoms with Crippen molar-refractivity contribution in [2.45, 2.75) is 6.92 Å². The minimum Gasteiger partial charge on any atom is -0.256 e. The lowest BCUT2D eigenvalue weighted by Gasteiger charge is -2.03. The summed E-state index contributed by atoms with van der Waals surface area (Å²) >= 11 is 0. The maximum Gasteiger partial charge on any atom is 0.0998 e. The Morgan fingerprint density at radius 1 is 1.20 bits per heavy atom. The van der Waals surface area contributed by atoms with Crippen LogP contribution < -0.4 is 0 Å². The molecule has 1 heterocycles. The van der Waals surface area contributed by atoms with E-state index in [0.717, 1.165) is 16.8 Å². The van der Waals surface area contributed by atoms with Crippen LogP contribution in [0.15, 0.2) is 42.6 Å². The van der Waals surface area contributed by atoms with Gasteiger partial charge in [0, 0.05) is 11.8 Å². The van der Waals surface area contributed by atoms with Crippen LogP contribution in [0.3, 0.4) is 0 Å². The van der Waals surface area contributed by atoms with Crippen LogP contribution in [-0.4, -0.2) is 4.98 Å². The average Bonchev–Trinajstić information content (AvgIpc) is 2.29. The van der Waals surface area contributed by atoms with Gasteiger partial charge in [-0.1, -0.05) is 18.2 Å². The molecule has 0 amide bonds. The number of nitrogens with zero attached hydrogens (tertiary/aromatic N) is 2. The normalized spacial score (nSPS) is 9.60. The molecule has 2 nitrogen and oxygen atoms in total. The smallest absolute Gasteiger partial charge is 0.0998 e. The number of aryl methyl sites for hydroxylation is 1. The summed E-state index contributed by atoms with van der Waals surface area (Å²) in [6.45, 7) is 2.01. The predicted molar refractivity (Wildman–Crippen MR) is 59.1 cm³/mol. The fourth-order valence-electron chi connectivity index (χ4n) is 1.49. The molecule has 0 saturated heterocycles. The molecule has 15 heavy (non-hydrogen) atoms. The van der Waals surface area contributed by atoms with Crippen molar-refractivity contribution in [1.29, 1.82) is 5.26 Å². The third-order valence-electron chi connectivity index (χ3n) is 2.24. The van der Waals surface area contributed by atoms with Crippen molar-refractivity contribution < 1.29 is 0 Å². The average molecular weight is 194 g/mol. The Morgan fingerprint density at radius 3 is 2.73 bits per heavy atom. The minimum absolute atomic E-state index is 0.663. The Morgan fingerprint density at radius 2 is 2.00 bits per heavy atom. The SMILES string of the molecule is Cc1ccnc(-c2ccccc2C#N)c1. The first-order valence-electron chi connectivity index (χ1n) is 4.73. The molecule has 0 aliphatic heterocycles. The van der Waals surface area contributed by atoms with Crippen LogP contribution in [0.25, 0.3) is 11.3 Å². The molecule has 0 spiro atoms. The van der Waals surface area contributed by atoms with Gasteiger partial charge in [-0.25, -0.2) is 0 Å². The van der Waals surface area contributed by atoms with Gasteiger partial charge in [-0.15, -0.1) is 0 Å². The lowest BCUT2D eigenvalue weighted by atomic mass is 10.0. The molecule has 2 aromatic rings. The molecule has 2 rings (SSSR count). The Kier molecular flexibility index (Phi) is 2.47. The summed E-state index contributed by atoms with van der Waals surface area (Å²) < 4.78 is 0. The molecular weight excluding hydrogens is 184 g/mol. The second kappa shape index (κ2) is 3.93. The van der Waals surface area contributed by atoms with E-state index in [2.05, 4.69) is 11.1 Å². The molecule has 0 aliphatic rings. The molecule has 1 aromatic carbocycles. The van der Waals surface area contributed by atoms with E-state index in [1.165, 1.54) is 0 Å². The highest BCUT2D eigenvalue weighted by Crippen LogP contribution is 2.21. The summed E-state index contributed by atoms with van der Waals surface area (Å²) in [5.74, 6) is 0. The van der Waals surface area contributed by atoms with Crippen LogP contribution in [-0.2, 0) is 0 Å². The summed E-state index contributed by atoms with van der Waals surface area (Å²) in [6.07, 6.45) is 1.76. The maximum atomic E-state index is 8.97. The number of benzene rings is 1. The van der Waals surface area contributed by atoms with E-state index in [9.17, 15) is 0 Å². The number of hydrogen-bond acceptors (Lipinski definition) is 2. The zero-order valence-corrected chi connectivity index (χ0v) is 8.44. The van der Waals surface area contributed by atoms with E-state index in [1.807, 2.05) is 37.3 Å². The molecule has 0 atom stereocenters. The van der Waals surface area contributed by atoms with E-state index < -0.39 is 0 Å². The van der Waals surface area contributed by atoms with Crippen LogP contribution >= 0.6 is 0 Å². The van der Waals surface area contributed by atoms with Gasteiger partial charge in [0.05, 0.1) is 17.3 Å². The van der Waals surface area contributed by atoms with Crippen LogP contribution in [0.2, 0.25) is 0 Å². The van der Waals surface area contributed by atoms with E-state index in [0.29, 0.717) is 5.56 Å². The van der Waals surface area contributed by atoms with Crippen molar-refractivity contribution in [1.82, 2.24) is 4.98 Å². The minimum atomic E-state index is 0.663. The molecule has 2 heteroatoms. The predicted octanol–water partition coefficient (Wildman–Crippen LogP) is 2.93. The van der Waals surface area contributed by atoms with Crippen LogP contribution in [0.1, 0.15) is 11.1 Å². The summed E-state index contributed by atoms with van der Waals surface area (Å²) in [5.41, 5.74) is 3.55. The highest BCUT2D eigenvalue weighted by atomic mass is 14.7. The molecule has 0 N–H and O–H groups in total. The number of nitriles is 1. The molecule has 0 saturated carbocycles. The quantitative estimate of drug-likeness (QED) is 0.699. The van der Waals surface area contributed by atoms with Crippen molar-refractivity contribution in [3.63, 3.8) is 0 Å². The largest absolute Gasteiger partial charge is 0.256 e. The Labute approximate surface area is 88.8 Å². The third kappa shape index (κ3) is 1.87. The lowest BCUT2D eigenvalue weighted by molar-refractivity contribution is 1.28. The van der Waals surface area contributed by atoms with Gasteiger partial charge in [0.25, 0.3) is 0 Å². The fourth-order valence-corrected chi connectivity index (χ4v) is 1.49. The van der Waals surface area contributed by atoms with Crippen molar-refractivity contribution in [3.05, 3.63) is 53.7 Å². The fraction of sp³-hybridized carbons (Fsp3) is 0.0769. The van der Waals surface area contributed by atoms with Crippen molar-refractivity contribution in [3.8, 4) is 17.3 Å².